The molecule has 172 valence electrons. The number of amides is 1. The summed E-state index contributed by atoms with van der Waals surface area (Å²) in [6, 6.07) is 18.7. The third-order valence-electron chi connectivity index (χ3n) is 5.80. The van der Waals surface area contributed by atoms with Crippen LogP contribution in [0.3, 0.4) is 0 Å². The van der Waals surface area contributed by atoms with E-state index < -0.39 is 5.54 Å². The summed E-state index contributed by atoms with van der Waals surface area (Å²) in [4.78, 5) is 20.7. The van der Waals surface area contributed by atoms with Crippen LogP contribution in [-0.4, -0.2) is 39.6 Å². The van der Waals surface area contributed by atoms with Gasteiger partial charge in [-0.25, -0.2) is 0 Å². The maximum absolute atomic E-state index is 13.2. The number of pyridine rings is 1. The third-order valence-corrected chi connectivity index (χ3v) is 6.51. The van der Waals surface area contributed by atoms with Crippen molar-refractivity contribution in [2.45, 2.75) is 25.8 Å². The fourth-order valence-electron chi connectivity index (χ4n) is 3.86. The predicted molar refractivity (Wildman–Crippen MR) is 137 cm³/mol. The van der Waals surface area contributed by atoms with Crippen molar-refractivity contribution in [3.05, 3.63) is 77.6 Å². The number of aromatic nitrogens is 1. The first kappa shape index (κ1) is 23.7. The van der Waals surface area contributed by atoms with Gasteiger partial charge < -0.3 is 9.64 Å². The van der Waals surface area contributed by atoms with Crippen LogP contribution >= 0.6 is 23.8 Å². The lowest BCUT2D eigenvalue weighted by molar-refractivity contribution is -0.123. The van der Waals surface area contributed by atoms with Gasteiger partial charge in [0.2, 0.25) is 0 Å². The number of anilines is 1. The third kappa shape index (κ3) is 4.60. The summed E-state index contributed by atoms with van der Waals surface area (Å²) in [5.74, 6) is 0.644. The van der Waals surface area contributed by atoms with Gasteiger partial charge in [-0.1, -0.05) is 29.8 Å². The van der Waals surface area contributed by atoms with Gasteiger partial charge in [0.1, 0.15) is 17.4 Å². The maximum atomic E-state index is 13.2. The van der Waals surface area contributed by atoms with Gasteiger partial charge in [-0.15, -0.1) is 0 Å². The summed E-state index contributed by atoms with van der Waals surface area (Å²) < 4.78 is 5.91. The van der Waals surface area contributed by atoms with Crippen molar-refractivity contribution in [1.29, 1.82) is 5.26 Å². The highest BCUT2D eigenvalue weighted by Crippen LogP contribution is 2.34. The second-order valence-corrected chi connectivity index (χ2v) is 9.15. The Hall–Kier alpha value is -3.47. The second-order valence-electron chi connectivity index (χ2n) is 8.38. The van der Waals surface area contributed by atoms with Gasteiger partial charge in [-0.05, 0) is 80.0 Å². The van der Waals surface area contributed by atoms with Gasteiger partial charge in [0.25, 0.3) is 5.91 Å². The number of benzene rings is 2. The molecule has 0 aliphatic carbocycles. The molecule has 1 aliphatic rings. The van der Waals surface area contributed by atoms with E-state index in [4.69, 9.17) is 33.8 Å². The Labute approximate surface area is 209 Å². The minimum Gasteiger partial charge on any atom is -0.494 e. The van der Waals surface area contributed by atoms with Crippen molar-refractivity contribution in [2.75, 3.05) is 18.1 Å². The standard InChI is InChI=1S/C26H23ClN4O2S/c1-26(2)24(32)31(21-9-6-19(16-28)23(27)15-21)25(34)30(26)13-4-14-33-22-10-7-18(8-11-22)20-5-3-12-29-17-20/h3,5-12,15,17H,4,13-14H2,1-2H3. The number of nitriles is 1. The van der Waals surface area contributed by atoms with Crippen molar-refractivity contribution in [3.8, 4) is 22.9 Å². The summed E-state index contributed by atoms with van der Waals surface area (Å²) in [6.07, 6.45) is 4.26. The number of halogens is 1. The number of rotatable bonds is 7. The van der Waals surface area contributed by atoms with Gasteiger partial charge in [0.15, 0.2) is 5.11 Å². The number of ether oxygens (including phenoxy) is 1. The van der Waals surface area contributed by atoms with E-state index in [0.717, 1.165) is 16.9 Å². The SMILES string of the molecule is CC1(C)C(=O)N(c2ccc(C#N)c(Cl)c2)C(=S)N1CCCOc1ccc(-c2cccnc2)cc1. The Morgan fingerprint density at radius 3 is 2.56 bits per heavy atom. The highest BCUT2D eigenvalue weighted by Gasteiger charge is 2.49. The molecule has 3 aromatic rings. The predicted octanol–water partition coefficient (Wildman–Crippen LogP) is 5.45. The lowest BCUT2D eigenvalue weighted by atomic mass is 10.0. The quantitative estimate of drug-likeness (QED) is 0.324. The zero-order valence-corrected chi connectivity index (χ0v) is 20.4. The minimum absolute atomic E-state index is 0.134. The average molecular weight is 491 g/mol. The van der Waals surface area contributed by atoms with E-state index in [1.54, 1.807) is 24.4 Å². The molecule has 0 atom stereocenters. The molecule has 0 unspecified atom stereocenters. The molecule has 8 heteroatoms. The molecule has 6 nitrogen and oxygen atoms in total. The first-order valence-corrected chi connectivity index (χ1v) is 11.6. The van der Waals surface area contributed by atoms with E-state index in [2.05, 4.69) is 4.98 Å². The summed E-state index contributed by atoms with van der Waals surface area (Å²) in [6.45, 7) is 4.75. The van der Waals surface area contributed by atoms with Crippen molar-refractivity contribution in [2.24, 2.45) is 0 Å². The van der Waals surface area contributed by atoms with Crippen molar-refractivity contribution >= 4 is 40.5 Å². The second kappa shape index (κ2) is 9.80. The summed E-state index contributed by atoms with van der Waals surface area (Å²) in [5.41, 5.74) is 2.23. The molecular weight excluding hydrogens is 468 g/mol. The first-order chi connectivity index (χ1) is 16.3. The van der Waals surface area contributed by atoms with Crippen LogP contribution in [0.5, 0.6) is 5.75 Å². The molecule has 34 heavy (non-hydrogen) atoms. The first-order valence-electron chi connectivity index (χ1n) is 10.8. The van der Waals surface area contributed by atoms with Crippen LogP contribution in [0.4, 0.5) is 5.69 Å². The molecular formula is C26H23ClN4O2S. The number of carbonyl (C=O) groups excluding carboxylic acids is 1. The van der Waals surface area contributed by atoms with Crippen LogP contribution in [0.2, 0.25) is 5.02 Å². The fraction of sp³-hybridized carbons (Fsp3) is 0.231. The summed E-state index contributed by atoms with van der Waals surface area (Å²) >= 11 is 11.8. The fourth-order valence-corrected chi connectivity index (χ4v) is 4.59. The Balaban J connectivity index is 1.37. The molecule has 4 rings (SSSR count). The van der Waals surface area contributed by atoms with Gasteiger partial charge >= 0.3 is 0 Å². The largest absolute Gasteiger partial charge is 0.494 e. The van der Waals surface area contributed by atoms with Crippen molar-refractivity contribution in [3.63, 3.8) is 0 Å². The topological polar surface area (TPSA) is 69.5 Å². The molecule has 0 saturated carbocycles. The number of hydrogen-bond donors (Lipinski definition) is 0. The molecule has 0 bridgehead atoms. The normalized spacial score (nSPS) is 14.9. The molecule has 1 amide bonds. The minimum atomic E-state index is -0.803. The molecule has 2 heterocycles. The van der Waals surface area contributed by atoms with E-state index in [0.29, 0.717) is 35.9 Å². The van der Waals surface area contributed by atoms with Crippen LogP contribution in [0.15, 0.2) is 67.0 Å². The van der Waals surface area contributed by atoms with Crippen molar-refractivity contribution < 1.29 is 9.53 Å². The molecule has 1 aromatic heterocycles. The maximum Gasteiger partial charge on any atom is 0.258 e. The Morgan fingerprint density at radius 1 is 1.15 bits per heavy atom. The highest BCUT2D eigenvalue weighted by atomic mass is 35.5. The number of nitrogens with zero attached hydrogens (tertiary/aromatic N) is 4. The van der Waals surface area contributed by atoms with Gasteiger partial charge in [0, 0.05) is 18.9 Å². The van der Waals surface area contributed by atoms with E-state index in [9.17, 15) is 4.79 Å². The smallest absolute Gasteiger partial charge is 0.258 e. The molecule has 0 radical (unpaired) electrons. The molecule has 0 spiro atoms. The van der Waals surface area contributed by atoms with Gasteiger partial charge in [-0.2, -0.15) is 5.26 Å². The van der Waals surface area contributed by atoms with Crippen molar-refractivity contribution in [1.82, 2.24) is 9.88 Å². The molecule has 1 saturated heterocycles. The van der Waals surface area contributed by atoms with E-state index >= 15 is 0 Å². The Kier molecular flexibility index (Phi) is 6.82. The van der Waals surface area contributed by atoms with Crippen LogP contribution in [0.25, 0.3) is 11.1 Å². The van der Waals surface area contributed by atoms with E-state index in [1.165, 1.54) is 4.90 Å². The highest BCUT2D eigenvalue weighted by molar-refractivity contribution is 7.80. The van der Waals surface area contributed by atoms with Crippen LogP contribution in [0, 0.1) is 11.3 Å². The Morgan fingerprint density at radius 2 is 1.91 bits per heavy atom. The molecule has 0 N–H and O–H groups in total. The lowest BCUT2D eigenvalue weighted by Crippen LogP contribution is -2.44. The van der Waals surface area contributed by atoms with Gasteiger partial charge in [0.05, 0.1) is 22.9 Å². The number of carbonyl (C=O) groups is 1. The van der Waals surface area contributed by atoms with Crippen LogP contribution < -0.4 is 9.64 Å². The lowest BCUT2D eigenvalue weighted by Gasteiger charge is -2.29. The summed E-state index contributed by atoms with van der Waals surface area (Å²) in [5, 5.41) is 9.81. The van der Waals surface area contributed by atoms with Crippen LogP contribution in [0.1, 0.15) is 25.8 Å². The average Bonchev–Trinajstić information content (AvgIpc) is 3.01. The van der Waals surface area contributed by atoms with Gasteiger partial charge in [-0.3, -0.25) is 14.7 Å². The number of hydrogen-bond acceptors (Lipinski definition) is 5. The van der Waals surface area contributed by atoms with E-state index in [-0.39, 0.29) is 10.9 Å². The van der Waals surface area contributed by atoms with E-state index in [1.807, 2.05) is 67.4 Å². The zero-order valence-electron chi connectivity index (χ0n) is 18.9. The van der Waals surface area contributed by atoms with Crippen LogP contribution in [-0.2, 0) is 4.79 Å². The zero-order chi connectivity index (χ0) is 24.3. The summed E-state index contributed by atoms with van der Waals surface area (Å²) in [7, 11) is 0. The Bertz CT molecular complexity index is 1260. The number of thiocarbonyl (C=S) groups is 1. The monoisotopic (exact) mass is 490 g/mol. The molecule has 1 aliphatic heterocycles. The molecule has 2 aromatic carbocycles. The molecule has 1 fully saturated rings.